The first-order valence-corrected chi connectivity index (χ1v) is 8.90. The molecular weight excluding hydrogens is 316 g/mol. The van der Waals surface area contributed by atoms with Crippen molar-refractivity contribution in [1.29, 1.82) is 0 Å². The van der Waals surface area contributed by atoms with E-state index in [0.29, 0.717) is 5.92 Å². The quantitative estimate of drug-likeness (QED) is 0.910. The van der Waals surface area contributed by atoms with Crippen LogP contribution in [-0.2, 0) is 0 Å². The fourth-order valence-corrected chi connectivity index (χ4v) is 4.12. The number of hydrogen-bond acceptors (Lipinski definition) is 3. The second-order valence-electron chi connectivity index (χ2n) is 5.54. The Labute approximate surface area is 140 Å². The molecule has 6 heteroatoms. The van der Waals surface area contributed by atoms with Crippen molar-refractivity contribution in [3.63, 3.8) is 0 Å². The van der Waals surface area contributed by atoms with Crippen LogP contribution in [0.1, 0.15) is 32.1 Å². The van der Waals surface area contributed by atoms with Crippen LogP contribution < -0.4 is 5.32 Å². The molecule has 3 heterocycles. The highest BCUT2D eigenvalue weighted by Crippen LogP contribution is 2.37. The van der Waals surface area contributed by atoms with Gasteiger partial charge in [0.1, 0.15) is 6.17 Å². The topological polar surface area (TPSA) is 40.0 Å². The number of allylic oxidation sites excluding steroid dienone is 1. The largest absolute Gasteiger partial charge is 0.357 e. The molecule has 22 heavy (non-hydrogen) atoms. The summed E-state index contributed by atoms with van der Waals surface area (Å²) < 4.78 is 0.839. The molecule has 0 aromatic carbocycles. The molecule has 1 N–H and O–H groups in total. The second kappa shape index (κ2) is 6.42. The van der Waals surface area contributed by atoms with Gasteiger partial charge in [-0.05, 0) is 44.9 Å². The van der Waals surface area contributed by atoms with Crippen molar-refractivity contribution in [1.82, 2.24) is 10.2 Å². The Balaban J connectivity index is 1.93. The average Bonchev–Trinajstić information content (AvgIpc) is 2.93. The lowest BCUT2D eigenvalue weighted by atomic mass is 9.87. The number of halogens is 1. The monoisotopic (exact) mass is 336 g/mol. The molecule has 1 aromatic rings. The van der Waals surface area contributed by atoms with Gasteiger partial charge in [0.05, 0.1) is 4.34 Å². The highest BCUT2D eigenvalue weighted by atomic mass is 35.5. The van der Waals surface area contributed by atoms with Crippen molar-refractivity contribution in [2.24, 2.45) is 15.9 Å². The third-order valence-electron chi connectivity index (χ3n) is 4.16. The van der Waals surface area contributed by atoms with Crippen LogP contribution in [0.3, 0.4) is 0 Å². The Hall–Kier alpha value is -1.33. The van der Waals surface area contributed by atoms with Crippen molar-refractivity contribution >= 4 is 40.2 Å². The minimum Gasteiger partial charge on any atom is -0.357 e. The maximum Gasteiger partial charge on any atom is 0.219 e. The number of rotatable bonds is 3. The first-order chi connectivity index (χ1) is 10.6. The van der Waals surface area contributed by atoms with Crippen molar-refractivity contribution < 1.29 is 0 Å². The molecule has 0 aliphatic carbocycles. The van der Waals surface area contributed by atoms with Crippen LogP contribution >= 0.6 is 22.9 Å². The zero-order valence-electron chi connectivity index (χ0n) is 13.1. The molecule has 2 unspecified atom stereocenters. The van der Waals surface area contributed by atoms with E-state index in [1.54, 1.807) is 11.3 Å². The van der Waals surface area contributed by atoms with Gasteiger partial charge in [-0.1, -0.05) is 11.6 Å². The number of thiophene rings is 1. The van der Waals surface area contributed by atoms with Gasteiger partial charge in [0.15, 0.2) is 0 Å². The lowest BCUT2D eigenvalue weighted by Gasteiger charge is -2.43. The maximum absolute atomic E-state index is 6.10. The Morgan fingerprint density at radius 2 is 2.27 bits per heavy atom. The smallest absolute Gasteiger partial charge is 0.219 e. The SMILES string of the molecule is CCN=C1N=C(C)C2CC(c3ccc(Cl)s3)=CN(CC)C2N1. The minimum absolute atomic E-state index is 0.243. The number of fused-ring (bicyclic) bond motifs is 1. The summed E-state index contributed by atoms with van der Waals surface area (Å²) in [5, 5.41) is 3.49. The fourth-order valence-electron chi connectivity index (χ4n) is 3.06. The molecular formula is C16H21ClN4S. The van der Waals surface area contributed by atoms with Crippen LogP contribution in [0.2, 0.25) is 4.34 Å². The van der Waals surface area contributed by atoms with E-state index in [9.17, 15) is 0 Å². The molecule has 118 valence electrons. The van der Waals surface area contributed by atoms with Crippen LogP contribution in [0.5, 0.6) is 0 Å². The van der Waals surface area contributed by atoms with Gasteiger partial charge in [0.2, 0.25) is 5.96 Å². The molecule has 0 spiro atoms. The van der Waals surface area contributed by atoms with E-state index in [-0.39, 0.29) is 6.17 Å². The van der Waals surface area contributed by atoms with Crippen LogP contribution in [0.4, 0.5) is 0 Å². The van der Waals surface area contributed by atoms with Crippen molar-refractivity contribution in [3.8, 4) is 0 Å². The highest BCUT2D eigenvalue weighted by Gasteiger charge is 2.36. The van der Waals surface area contributed by atoms with E-state index in [1.807, 2.05) is 13.0 Å². The van der Waals surface area contributed by atoms with Crippen LogP contribution in [0, 0.1) is 5.92 Å². The van der Waals surface area contributed by atoms with Gasteiger partial charge < -0.3 is 10.2 Å². The van der Waals surface area contributed by atoms with Crippen molar-refractivity contribution in [3.05, 3.63) is 27.5 Å². The maximum atomic E-state index is 6.10. The van der Waals surface area contributed by atoms with Gasteiger partial charge in [-0.15, -0.1) is 11.3 Å². The molecule has 1 aromatic heterocycles. The van der Waals surface area contributed by atoms with E-state index < -0.39 is 0 Å². The summed E-state index contributed by atoms with van der Waals surface area (Å²) in [6.45, 7) is 8.02. The Kier molecular flexibility index (Phi) is 4.54. The molecule has 3 rings (SSSR count). The average molecular weight is 337 g/mol. The summed E-state index contributed by atoms with van der Waals surface area (Å²) in [6.07, 6.45) is 3.49. The van der Waals surface area contributed by atoms with Crippen LogP contribution in [-0.4, -0.2) is 35.8 Å². The normalized spacial score (nSPS) is 26.4. The molecule has 0 bridgehead atoms. The molecule has 4 nitrogen and oxygen atoms in total. The number of nitrogens with one attached hydrogen (secondary N) is 1. The Morgan fingerprint density at radius 3 is 2.91 bits per heavy atom. The first kappa shape index (κ1) is 15.6. The first-order valence-electron chi connectivity index (χ1n) is 7.70. The van der Waals surface area contributed by atoms with Crippen molar-refractivity contribution in [2.75, 3.05) is 13.1 Å². The summed E-state index contributed by atoms with van der Waals surface area (Å²) in [4.78, 5) is 12.7. The lowest BCUT2D eigenvalue weighted by Crippen LogP contribution is -2.56. The van der Waals surface area contributed by atoms with E-state index in [2.05, 4.69) is 46.3 Å². The summed E-state index contributed by atoms with van der Waals surface area (Å²) in [6, 6.07) is 4.08. The van der Waals surface area contributed by atoms with E-state index in [1.165, 1.54) is 10.5 Å². The van der Waals surface area contributed by atoms with Gasteiger partial charge in [-0.25, -0.2) is 4.99 Å². The number of hydrogen-bond donors (Lipinski definition) is 1. The summed E-state index contributed by atoms with van der Waals surface area (Å²) in [5.41, 5.74) is 2.50. The predicted octanol–water partition coefficient (Wildman–Crippen LogP) is 3.85. The summed E-state index contributed by atoms with van der Waals surface area (Å²) >= 11 is 7.74. The number of guanidine groups is 1. The second-order valence-corrected chi connectivity index (χ2v) is 7.25. The molecule has 2 aliphatic rings. The van der Waals surface area contributed by atoms with Gasteiger partial charge in [0.25, 0.3) is 0 Å². The van der Waals surface area contributed by atoms with Gasteiger partial charge in [-0.3, -0.25) is 4.99 Å². The van der Waals surface area contributed by atoms with E-state index >= 15 is 0 Å². The molecule has 2 aliphatic heterocycles. The molecule has 0 amide bonds. The number of aliphatic imine (C=N–C) groups is 2. The molecule has 0 saturated heterocycles. The third kappa shape index (κ3) is 2.92. The zero-order valence-corrected chi connectivity index (χ0v) is 14.7. The highest BCUT2D eigenvalue weighted by molar-refractivity contribution is 7.17. The standard InChI is InChI=1S/C16H21ClN4S/c1-4-18-16-19-10(3)12-8-11(13-6-7-14(17)22-13)9-21(5-2)15(12)20-16/h6-7,9,12,15H,4-5,8H2,1-3H3,(H,18,20). The van der Waals surface area contributed by atoms with E-state index in [4.69, 9.17) is 11.6 Å². The van der Waals surface area contributed by atoms with Crippen molar-refractivity contribution in [2.45, 2.75) is 33.4 Å². The third-order valence-corrected chi connectivity index (χ3v) is 5.47. The van der Waals surface area contributed by atoms with Crippen LogP contribution in [0.15, 0.2) is 28.3 Å². The molecule has 0 saturated carbocycles. The molecule has 0 fully saturated rings. The van der Waals surface area contributed by atoms with Crippen LogP contribution in [0.25, 0.3) is 5.57 Å². The fraction of sp³-hybridized carbons (Fsp3) is 0.500. The Morgan fingerprint density at radius 1 is 1.45 bits per heavy atom. The molecule has 0 radical (unpaired) electrons. The lowest BCUT2D eigenvalue weighted by molar-refractivity contribution is 0.212. The van der Waals surface area contributed by atoms with Gasteiger partial charge in [0, 0.05) is 35.8 Å². The zero-order chi connectivity index (χ0) is 15.7. The minimum atomic E-state index is 0.243. The summed E-state index contributed by atoms with van der Waals surface area (Å²) in [7, 11) is 0. The number of nitrogens with zero attached hydrogens (tertiary/aromatic N) is 3. The molecule has 2 atom stereocenters. The van der Waals surface area contributed by atoms with E-state index in [0.717, 1.165) is 35.5 Å². The Bertz CT molecular complexity index is 646. The van der Waals surface area contributed by atoms with Gasteiger partial charge >= 0.3 is 0 Å². The van der Waals surface area contributed by atoms with Gasteiger partial charge in [-0.2, -0.15) is 0 Å². The summed E-state index contributed by atoms with van der Waals surface area (Å²) in [5.74, 6) is 1.13. The predicted molar refractivity (Wildman–Crippen MR) is 95.8 cm³/mol.